The molecular weight excluding hydrogens is 595 g/mol. The number of carbonyl (C=O) groups is 3. The first-order valence-corrected chi connectivity index (χ1v) is 14.3. The van der Waals surface area contributed by atoms with Crippen molar-refractivity contribution in [3.8, 4) is 5.69 Å². The highest BCUT2D eigenvalue weighted by atomic mass is 35.5. The molecule has 1 aromatic heterocycles. The van der Waals surface area contributed by atoms with Crippen molar-refractivity contribution in [2.24, 2.45) is 0 Å². The van der Waals surface area contributed by atoms with E-state index in [1.165, 1.54) is 17.0 Å². The molecule has 44 heavy (non-hydrogen) atoms. The highest BCUT2D eigenvalue weighted by Crippen LogP contribution is 2.31. The number of alkyl halides is 4. The van der Waals surface area contributed by atoms with Crippen LogP contribution in [0.2, 0.25) is 0 Å². The summed E-state index contributed by atoms with van der Waals surface area (Å²) in [7, 11) is 0. The van der Waals surface area contributed by atoms with Crippen molar-refractivity contribution in [2.45, 2.75) is 44.4 Å². The molecule has 0 radical (unpaired) electrons. The van der Waals surface area contributed by atoms with Crippen LogP contribution in [0.15, 0.2) is 91.1 Å². The monoisotopic (exact) mass is 625 g/mol. The van der Waals surface area contributed by atoms with Gasteiger partial charge in [-0.2, -0.15) is 18.3 Å². The number of hydrogen-bond donors (Lipinski definition) is 2. The highest BCUT2D eigenvalue weighted by Gasteiger charge is 2.37. The van der Waals surface area contributed by atoms with E-state index in [2.05, 4.69) is 15.7 Å². The van der Waals surface area contributed by atoms with Gasteiger partial charge in [-0.25, -0.2) is 4.68 Å². The largest absolute Gasteiger partial charge is 0.416 e. The smallest absolute Gasteiger partial charge is 0.351 e. The van der Waals surface area contributed by atoms with Gasteiger partial charge >= 0.3 is 6.18 Å². The number of anilines is 1. The molecule has 0 fully saturated rings. The van der Waals surface area contributed by atoms with E-state index in [9.17, 15) is 27.6 Å². The molecule has 0 saturated heterocycles. The fourth-order valence-corrected chi connectivity index (χ4v) is 4.66. The Morgan fingerprint density at radius 2 is 1.68 bits per heavy atom. The molecule has 0 saturated carbocycles. The molecule has 5 rings (SSSR count). The van der Waals surface area contributed by atoms with Crippen molar-refractivity contribution in [3.63, 3.8) is 0 Å². The summed E-state index contributed by atoms with van der Waals surface area (Å²) in [6, 6.07) is 22.3. The van der Waals surface area contributed by atoms with Crippen LogP contribution in [0.4, 0.5) is 19.0 Å². The molecule has 230 valence electrons. The molecule has 2 heterocycles. The van der Waals surface area contributed by atoms with E-state index >= 15 is 0 Å². The third-order valence-electron chi connectivity index (χ3n) is 6.81. The van der Waals surface area contributed by atoms with Gasteiger partial charge in [0.15, 0.2) is 0 Å². The average Bonchev–Trinajstić information content (AvgIpc) is 3.44. The van der Waals surface area contributed by atoms with Crippen LogP contribution in [0.5, 0.6) is 0 Å². The second kappa shape index (κ2) is 14.2. The number of nitrogens with zero attached hydrogens (tertiary/aromatic N) is 3. The van der Waals surface area contributed by atoms with Crippen LogP contribution >= 0.6 is 11.6 Å². The Labute approximate surface area is 257 Å². The summed E-state index contributed by atoms with van der Waals surface area (Å²) in [6.07, 6.45) is -2.72. The predicted molar refractivity (Wildman–Crippen MR) is 162 cm³/mol. The van der Waals surface area contributed by atoms with Gasteiger partial charge in [-0.3, -0.25) is 19.3 Å². The summed E-state index contributed by atoms with van der Waals surface area (Å²) in [4.78, 5) is 38.3. The number of fused-ring (bicyclic) bond motifs is 1. The molecule has 2 atom stereocenters. The lowest BCUT2D eigenvalue weighted by molar-refractivity contribution is -0.137. The maximum Gasteiger partial charge on any atom is 0.416 e. The predicted octanol–water partition coefficient (Wildman–Crippen LogP) is 5.53. The van der Waals surface area contributed by atoms with Gasteiger partial charge in [0, 0.05) is 30.6 Å². The number of halogens is 4. The average molecular weight is 626 g/mol. The SMILES string of the molecule is CC(Cl)C(=O)NCc1ccccc1.CCN1C(=O)C(NC(=O)c2cccc(C(F)(F)F)c2)Cc2cnn(-c3ccccc3)c21. The molecule has 2 unspecified atom stereocenters. The van der Waals surface area contributed by atoms with Gasteiger partial charge in [-0.1, -0.05) is 54.6 Å². The molecule has 3 aromatic carbocycles. The van der Waals surface area contributed by atoms with Crippen LogP contribution in [-0.4, -0.2) is 45.5 Å². The lowest BCUT2D eigenvalue weighted by atomic mass is 10.0. The molecule has 0 bridgehead atoms. The van der Waals surface area contributed by atoms with E-state index in [0.717, 1.165) is 28.9 Å². The van der Waals surface area contributed by atoms with E-state index in [4.69, 9.17) is 11.6 Å². The van der Waals surface area contributed by atoms with Crippen molar-refractivity contribution in [1.29, 1.82) is 0 Å². The number of aromatic nitrogens is 2. The van der Waals surface area contributed by atoms with Gasteiger partial charge in [0.1, 0.15) is 17.2 Å². The normalized spacial score (nSPS) is 15.0. The minimum atomic E-state index is -4.56. The fraction of sp³-hybridized carbons (Fsp3) is 0.250. The molecule has 0 aliphatic carbocycles. The molecule has 1 aliphatic rings. The Bertz CT molecular complexity index is 1590. The second-order valence-electron chi connectivity index (χ2n) is 9.95. The van der Waals surface area contributed by atoms with Crippen LogP contribution in [0, 0.1) is 0 Å². The zero-order valence-electron chi connectivity index (χ0n) is 24.0. The Kier molecular flexibility index (Phi) is 10.4. The standard InChI is InChI=1S/C22H19F3N4O2.C10H12ClNO/c1-2-28-20-15(13-26-29(20)17-9-4-3-5-10-17)12-18(21(28)31)27-19(30)14-7-6-8-16(11-14)22(23,24)25;1-8(11)10(13)12-7-9-5-3-2-4-6-9/h3-11,13,18H,2,12H2,1H3,(H,27,30);2-6,8H,7H2,1H3,(H,12,13). The molecule has 3 amide bonds. The second-order valence-corrected chi connectivity index (χ2v) is 10.6. The first kappa shape index (κ1) is 32.3. The highest BCUT2D eigenvalue weighted by molar-refractivity contribution is 6.30. The van der Waals surface area contributed by atoms with Gasteiger partial charge < -0.3 is 10.6 Å². The van der Waals surface area contributed by atoms with Gasteiger partial charge in [0.2, 0.25) is 5.91 Å². The van der Waals surface area contributed by atoms with Crippen LogP contribution in [-0.2, 0) is 28.7 Å². The molecule has 12 heteroatoms. The van der Waals surface area contributed by atoms with Gasteiger partial charge in [-0.05, 0) is 49.7 Å². The van der Waals surface area contributed by atoms with Gasteiger partial charge in [-0.15, -0.1) is 11.6 Å². The minimum absolute atomic E-state index is 0.134. The summed E-state index contributed by atoms with van der Waals surface area (Å²) in [5.74, 6) is -0.582. The number of carbonyl (C=O) groups excluding carboxylic acids is 3. The quantitative estimate of drug-likeness (QED) is 0.264. The van der Waals surface area contributed by atoms with E-state index in [1.807, 2.05) is 60.7 Å². The fourth-order valence-electron chi connectivity index (χ4n) is 4.59. The molecule has 4 aromatic rings. The zero-order valence-corrected chi connectivity index (χ0v) is 24.8. The Balaban J connectivity index is 0.000000285. The minimum Gasteiger partial charge on any atom is -0.351 e. The summed E-state index contributed by atoms with van der Waals surface area (Å²) in [5, 5.41) is 9.24. The van der Waals surface area contributed by atoms with E-state index in [0.29, 0.717) is 18.9 Å². The number of likely N-dealkylation sites (N-methyl/N-ethyl adjacent to an activating group) is 1. The third kappa shape index (κ3) is 7.84. The van der Waals surface area contributed by atoms with Crippen LogP contribution < -0.4 is 15.5 Å². The number of benzene rings is 3. The van der Waals surface area contributed by atoms with E-state index < -0.39 is 29.1 Å². The maximum absolute atomic E-state index is 13.1. The lowest BCUT2D eigenvalue weighted by Crippen LogP contribution is -2.53. The van der Waals surface area contributed by atoms with Crippen LogP contribution in [0.3, 0.4) is 0 Å². The molecule has 8 nitrogen and oxygen atoms in total. The zero-order chi connectivity index (χ0) is 31.9. The number of amides is 3. The van der Waals surface area contributed by atoms with Crippen molar-refractivity contribution in [2.75, 3.05) is 11.4 Å². The first-order valence-electron chi connectivity index (χ1n) is 13.9. The summed E-state index contributed by atoms with van der Waals surface area (Å²) < 4.78 is 40.5. The number of nitrogens with one attached hydrogen (secondary N) is 2. The van der Waals surface area contributed by atoms with Crippen molar-refractivity contribution < 1.29 is 27.6 Å². The summed E-state index contributed by atoms with van der Waals surface area (Å²) in [5.41, 5.74) is 1.56. The Morgan fingerprint density at radius 1 is 1.02 bits per heavy atom. The number of rotatable bonds is 7. The van der Waals surface area contributed by atoms with Gasteiger partial charge in [0.25, 0.3) is 11.8 Å². The first-order chi connectivity index (χ1) is 21.0. The molecule has 0 spiro atoms. The van der Waals surface area contributed by atoms with Gasteiger partial charge in [0.05, 0.1) is 17.4 Å². The van der Waals surface area contributed by atoms with Crippen LogP contribution in [0.1, 0.15) is 40.9 Å². The topological polar surface area (TPSA) is 96.3 Å². The van der Waals surface area contributed by atoms with E-state index in [1.54, 1.807) is 24.7 Å². The third-order valence-corrected chi connectivity index (χ3v) is 7.00. The Morgan fingerprint density at radius 3 is 2.30 bits per heavy atom. The van der Waals surface area contributed by atoms with Crippen molar-refractivity contribution in [1.82, 2.24) is 20.4 Å². The molecule has 2 N–H and O–H groups in total. The summed E-state index contributed by atoms with van der Waals surface area (Å²) in [6.45, 7) is 4.35. The van der Waals surface area contributed by atoms with Crippen LogP contribution in [0.25, 0.3) is 5.69 Å². The molecular formula is C32H31ClF3N5O3. The van der Waals surface area contributed by atoms with Crippen molar-refractivity contribution >= 4 is 35.1 Å². The summed E-state index contributed by atoms with van der Waals surface area (Å²) >= 11 is 5.58. The van der Waals surface area contributed by atoms with E-state index in [-0.39, 0.29) is 23.8 Å². The van der Waals surface area contributed by atoms with Crippen molar-refractivity contribution in [3.05, 3.63) is 113 Å². The maximum atomic E-state index is 13.1. The molecule has 1 aliphatic heterocycles. The number of para-hydroxylation sites is 1. The number of hydrogen-bond acceptors (Lipinski definition) is 4. The lowest BCUT2D eigenvalue weighted by Gasteiger charge is -2.32. The Hall–Kier alpha value is -4.64.